The smallest absolute Gasteiger partial charge is 0.328 e. The van der Waals surface area contributed by atoms with Crippen LogP contribution in [0.2, 0.25) is 0 Å². The number of carbonyl (C=O) groups excluding carboxylic acids is 4. The van der Waals surface area contributed by atoms with Crippen molar-refractivity contribution in [2.45, 2.75) is 37.9 Å². The first-order valence-corrected chi connectivity index (χ1v) is 14.9. The first kappa shape index (κ1) is 33.6. The van der Waals surface area contributed by atoms with E-state index in [4.69, 9.17) is 18.9 Å². The normalized spacial score (nSPS) is 17.9. The standard InChI is InChI=1S/C35H39N3O8/c1-43-26-13-11-25(12-14-26)23-38-19-7-8-20-46-31-22-27(44-2)15-16-28(31)33(40)37-30(21-24-9-5-4-6-10-24)34(41)36-29(35(42)45-3)17-18-32(38)39/h4-16,22,29-30H,17-21,23H2,1-3H3,(H,36,41)(H,37,40). The molecule has 1 aliphatic rings. The Kier molecular flexibility index (Phi) is 12.2. The van der Waals surface area contributed by atoms with Gasteiger partial charge in [0.1, 0.15) is 35.9 Å². The molecule has 0 aromatic heterocycles. The van der Waals surface area contributed by atoms with Crippen LogP contribution in [0.4, 0.5) is 0 Å². The van der Waals surface area contributed by atoms with E-state index in [1.54, 1.807) is 42.4 Å². The summed E-state index contributed by atoms with van der Waals surface area (Å²) < 4.78 is 21.5. The Hall–Kier alpha value is -5.32. The van der Waals surface area contributed by atoms with Crippen molar-refractivity contribution in [3.63, 3.8) is 0 Å². The van der Waals surface area contributed by atoms with E-state index < -0.39 is 29.9 Å². The number of rotatable bonds is 7. The first-order chi connectivity index (χ1) is 22.3. The average Bonchev–Trinajstić information content (AvgIpc) is 3.08. The van der Waals surface area contributed by atoms with Gasteiger partial charge < -0.3 is 34.5 Å². The minimum atomic E-state index is -1.12. The van der Waals surface area contributed by atoms with Crippen LogP contribution in [0.5, 0.6) is 17.2 Å². The highest BCUT2D eigenvalue weighted by Crippen LogP contribution is 2.25. The van der Waals surface area contributed by atoms with E-state index in [0.717, 1.165) is 11.1 Å². The van der Waals surface area contributed by atoms with Crippen LogP contribution < -0.4 is 24.8 Å². The van der Waals surface area contributed by atoms with E-state index in [1.165, 1.54) is 14.2 Å². The second-order valence-corrected chi connectivity index (χ2v) is 10.6. The largest absolute Gasteiger partial charge is 0.497 e. The molecular formula is C35H39N3O8. The van der Waals surface area contributed by atoms with Crippen molar-refractivity contribution in [3.8, 4) is 17.2 Å². The van der Waals surface area contributed by atoms with Crippen molar-refractivity contribution in [2.75, 3.05) is 34.5 Å². The van der Waals surface area contributed by atoms with Crippen LogP contribution in [-0.2, 0) is 32.1 Å². The fraction of sp³-hybridized carbons (Fsp3) is 0.314. The quantitative estimate of drug-likeness (QED) is 0.300. The lowest BCUT2D eigenvalue weighted by Gasteiger charge is -2.24. The summed E-state index contributed by atoms with van der Waals surface area (Å²) in [6.07, 6.45) is 3.66. The van der Waals surface area contributed by atoms with Crippen molar-refractivity contribution < 1.29 is 38.1 Å². The zero-order chi connectivity index (χ0) is 32.9. The number of amides is 3. The number of ether oxygens (including phenoxy) is 4. The van der Waals surface area contributed by atoms with Crippen molar-refractivity contribution in [1.29, 1.82) is 0 Å². The molecule has 2 N–H and O–H groups in total. The summed E-state index contributed by atoms with van der Waals surface area (Å²) in [5.74, 6) is -0.632. The molecule has 3 aromatic carbocycles. The zero-order valence-electron chi connectivity index (χ0n) is 26.2. The number of hydrogen-bond donors (Lipinski definition) is 2. The third-order valence-corrected chi connectivity index (χ3v) is 7.50. The van der Waals surface area contributed by atoms with Crippen LogP contribution in [0.25, 0.3) is 0 Å². The van der Waals surface area contributed by atoms with Crippen molar-refractivity contribution >= 4 is 23.7 Å². The molecule has 11 heteroatoms. The molecule has 242 valence electrons. The second kappa shape index (κ2) is 16.7. The highest BCUT2D eigenvalue weighted by Gasteiger charge is 2.30. The van der Waals surface area contributed by atoms with Crippen molar-refractivity contribution in [3.05, 3.63) is 102 Å². The van der Waals surface area contributed by atoms with E-state index in [-0.39, 0.29) is 49.6 Å². The van der Waals surface area contributed by atoms with E-state index in [1.807, 2.05) is 54.6 Å². The van der Waals surface area contributed by atoms with Gasteiger partial charge in [0.05, 0.1) is 26.9 Å². The third kappa shape index (κ3) is 9.34. The third-order valence-electron chi connectivity index (χ3n) is 7.50. The van der Waals surface area contributed by atoms with Crippen molar-refractivity contribution in [2.24, 2.45) is 0 Å². The highest BCUT2D eigenvalue weighted by atomic mass is 16.5. The maximum absolute atomic E-state index is 13.7. The summed E-state index contributed by atoms with van der Waals surface area (Å²) >= 11 is 0. The number of hydrogen-bond acceptors (Lipinski definition) is 8. The van der Waals surface area contributed by atoms with Gasteiger partial charge in [-0.15, -0.1) is 0 Å². The number of benzene rings is 3. The highest BCUT2D eigenvalue weighted by molar-refractivity contribution is 6.00. The van der Waals surface area contributed by atoms with Gasteiger partial charge in [-0.25, -0.2) is 4.79 Å². The van der Waals surface area contributed by atoms with Crippen LogP contribution in [0.15, 0.2) is 84.9 Å². The van der Waals surface area contributed by atoms with Crippen LogP contribution in [0, 0.1) is 0 Å². The lowest BCUT2D eigenvalue weighted by atomic mass is 10.0. The zero-order valence-corrected chi connectivity index (χ0v) is 26.2. The molecule has 1 heterocycles. The monoisotopic (exact) mass is 629 g/mol. The summed E-state index contributed by atoms with van der Waals surface area (Å²) in [5.41, 5.74) is 1.88. The van der Waals surface area contributed by atoms with Gasteiger partial charge in [-0.3, -0.25) is 14.4 Å². The Morgan fingerprint density at radius 2 is 1.59 bits per heavy atom. The molecule has 11 nitrogen and oxygen atoms in total. The molecule has 0 saturated carbocycles. The minimum absolute atomic E-state index is 0.00217. The number of methoxy groups -OCH3 is 3. The number of nitrogens with zero attached hydrogens (tertiary/aromatic N) is 1. The number of nitrogens with one attached hydrogen (secondary N) is 2. The molecule has 0 radical (unpaired) electrons. The Morgan fingerprint density at radius 1 is 0.870 bits per heavy atom. The molecule has 2 atom stereocenters. The van der Waals surface area contributed by atoms with Crippen LogP contribution in [-0.4, -0.2) is 75.2 Å². The summed E-state index contributed by atoms with van der Waals surface area (Å²) in [6.45, 7) is 0.672. The predicted octanol–water partition coefficient (Wildman–Crippen LogP) is 3.46. The van der Waals surface area contributed by atoms with Gasteiger partial charge in [0.25, 0.3) is 5.91 Å². The molecule has 0 saturated heterocycles. The fourth-order valence-electron chi connectivity index (χ4n) is 4.93. The van der Waals surface area contributed by atoms with Gasteiger partial charge in [0.2, 0.25) is 11.8 Å². The molecule has 2 unspecified atom stereocenters. The molecule has 0 fully saturated rings. The molecule has 0 spiro atoms. The second-order valence-electron chi connectivity index (χ2n) is 10.6. The summed E-state index contributed by atoms with van der Waals surface area (Å²) in [7, 11) is 4.31. The molecule has 0 aliphatic carbocycles. The Morgan fingerprint density at radius 3 is 2.28 bits per heavy atom. The molecule has 0 bridgehead atoms. The average molecular weight is 630 g/mol. The van der Waals surface area contributed by atoms with Gasteiger partial charge in [-0.2, -0.15) is 0 Å². The minimum Gasteiger partial charge on any atom is -0.497 e. The Balaban J connectivity index is 1.67. The maximum Gasteiger partial charge on any atom is 0.328 e. The van der Waals surface area contributed by atoms with Crippen LogP contribution in [0.1, 0.15) is 34.3 Å². The number of esters is 1. The number of carbonyl (C=O) groups is 4. The van der Waals surface area contributed by atoms with E-state index in [9.17, 15) is 19.2 Å². The first-order valence-electron chi connectivity index (χ1n) is 14.9. The van der Waals surface area contributed by atoms with Gasteiger partial charge >= 0.3 is 5.97 Å². The predicted molar refractivity (Wildman–Crippen MR) is 171 cm³/mol. The summed E-state index contributed by atoms with van der Waals surface area (Å²) in [4.78, 5) is 55.2. The summed E-state index contributed by atoms with van der Waals surface area (Å²) in [5, 5.41) is 5.52. The lowest BCUT2D eigenvalue weighted by molar-refractivity contribution is -0.145. The molecule has 3 amide bonds. The van der Waals surface area contributed by atoms with Gasteiger partial charge in [-0.1, -0.05) is 48.5 Å². The van der Waals surface area contributed by atoms with E-state index in [2.05, 4.69) is 10.6 Å². The van der Waals surface area contributed by atoms with Crippen LogP contribution in [0.3, 0.4) is 0 Å². The fourth-order valence-corrected chi connectivity index (χ4v) is 4.93. The topological polar surface area (TPSA) is 132 Å². The Labute approximate surface area is 268 Å². The Bertz CT molecular complexity index is 1520. The van der Waals surface area contributed by atoms with E-state index in [0.29, 0.717) is 18.0 Å². The van der Waals surface area contributed by atoms with Gasteiger partial charge in [0.15, 0.2) is 0 Å². The maximum atomic E-state index is 13.7. The number of fused-ring (bicyclic) bond motifs is 1. The van der Waals surface area contributed by atoms with Crippen molar-refractivity contribution in [1.82, 2.24) is 15.5 Å². The summed E-state index contributed by atoms with van der Waals surface area (Å²) in [6, 6.07) is 19.2. The molecular weight excluding hydrogens is 590 g/mol. The molecule has 46 heavy (non-hydrogen) atoms. The van der Waals surface area contributed by atoms with Gasteiger partial charge in [-0.05, 0) is 47.9 Å². The molecule has 4 rings (SSSR count). The SMILES string of the molecule is COC(=O)C1CCC(=O)N(Cc2ccc(OC)cc2)CC=CCOc2cc(OC)ccc2C(=O)NC(Cc2ccccc2)C(=O)N1. The lowest BCUT2D eigenvalue weighted by Crippen LogP contribution is -2.53. The van der Waals surface area contributed by atoms with E-state index >= 15 is 0 Å². The van der Waals surface area contributed by atoms with Crippen LogP contribution >= 0.6 is 0 Å². The molecule has 1 aliphatic heterocycles. The van der Waals surface area contributed by atoms with Gasteiger partial charge in [0, 0.05) is 32.0 Å². The molecule has 3 aromatic rings.